The van der Waals surface area contributed by atoms with E-state index in [2.05, 4.69) is 20.2 Å². The summed E-state index contributed by atoms with van der Waals surface area (Å²) in [6.07, 6.45) is -0.238. The maximum Gasteiger partial charge on any atom is 0.410 e. The molecule has 1 unspecified atom stereocenters. The van der Waals surface area contributed by atoms with E-state index in [4.69, 9.17) is 4.74 Å². The number of piperazine rings is 1. The van der Waals surface area contributed by atoms with Crippen molar-refractivity contribution >= 4 is 12.1 Å². The zero-order chi connectivity index (χ0) is 18.0. The van der Waals surface area contributed by atoms with E-state index in [0.29, 0.717) is 26.2 Å². The fraction of sp³-hybridized carbons (Fsp3) is 0.611. The third-order valence-corrected chi connectivity index (χ3v) is 4.23. The molecular formula is C18H27N5O2. The number of amides is 1. The van der Waals surface area contributed by atoms with Crippen molar-refractivity contribution in [1.82, 2.24) is 20.1 Å². The Morgan fingerprint density at radius 1 is 1.36 bits per heavy atom. The number of guanidine groups is 1. The molecule has 1 saturated heterocycles. The molecule has 0 spiro atoms. The first kappa shape index (κ1) is 17.5. The molecule has 7 nitrogen and oxygen atoms in total. The third-order valence-electron chi connectivity index (χ3n) is 4.23. The summed E-state index contributed by atoms with van der Waals surface area (Å²) in [6.45, 7) is 11.1. The van der Waals surface area contributed by atoms with E-state index in [1.807, 2.05) is 45.9 Å². The van der Waals surface area contributed by atoms with Crippen LogP contribution in [0.15, 0.2) is 23.2 Å². The number of carbonyl (C=O) groups excluding carboxylic acids is 1. The van der Waals surface area contributed by atoms with E-state index in [1.54, 1.807) is 4.90 Å². The van der Waals surface area contributed by atoms with Gasteiger partial charge in [0.1, 0.15) is 5.60 Å². The van der Waals surface area contributed by atoms with Crippen molar-refractivity contribution in [1.29, 1.82) is 0 Å². The van der Waals surface area contributed by atoms with Gasteiger partial charge in [-0.3, -0.25) is 9.98 Å². The van der Waals surface area contributed by atoms with Crippen LogP contribution in [0.25, 0.3) is 0 Å². The van der Waals surface area contributed by atoms with Crippen LogP contribution >= 0.6 is 0 Å². The van der Waals surface area contributed by atoms with Gasteiger partial charge in [0.25, 0.3) is 0 Å². The molecule has 0 radical (unpaired) electrons. The van der Waals surface area contributed by atoms with Gasteiger partial charge >= 0.3 is 6.09 Å². The van der Waals surface area contributed by atoms with Crippen molar-refractivity contribution in [2.24, 2.45) is 4.99 Å². The van der Waals surface area contributed by atoms with Crippen LogP contribution in [0.1, 0.15) is 32.2 Å². The number of aryl methyl sites for hydroxylation is 1. The largest absolute Gasteiger partial charge is 0.444 e. The lowest BCUT2D eigenvalue weighted by molar-refractivity contribution is 0.0137. The predicted molar refractivity (Wildman–Crippen MR) is 96.4 cm³/mol. The lowest BCUT2D eigenvalue weighted by Gasteiger charge is -2.39. The minimum atomic E-state index is -0.464. The van der Waals surface area contributed by atoms with Gasteiger partial charge in [-0.25, -0.2) is 4.79 Å². The monoisotopic (exact) mass is 345 g/mol. The summed E-state index contributed by atoms with van der Waals surface area (Å²) in [5, 5.41) is 3.39. The molecule has 3 rings (SSSR count). The Balaban J connectivity index is 1.53. The van der Waals surface area contributed by atoms with Gasteiger partial charge < -0.3 is 19.9 Å². The van der Waals surface area contributed by atoms with E-state index < -0.39 is 5.60 Å². The second-order valence-electron chi connectivity index (χ2n) is 7.56. The smallest absolute Gasteiger partial charge is 0.410 e. The van der Waals surface area contributed by atoms with Gasteiger partial charge in [0.05, 0.1) is 24.8 Å². The zero-order valence-corrected chi connectivity index (χ0v) is 15.5. The Morgan fingerprint density at radius 3 is 2.88 bits per heavy atom. The highest BCUT2D eigenvalue weighted by Gasteiger charge is 2.36. The molecule has 1 amide bonds. The SMILES string of the molecule is Cc1cccc(CNC2=NCC3CN(C(=O)OC(C)(C)C)CCN23)n1. The Hall–Kier alpha value is -2.31. The zero-order valence-electron chi connectivity index (χ0n) is 15.5. The summed E-state index contributed by atoms with van der Waals surface area (Å²) in [4.78, 5) is 25.4. The highest BCUT2D eigenvalue weighted by molar-refractivity contribution is 5.82. The molecule has 0 bridgehead atoms. The number of hydrogen-bond acceptors (Lipinski definition) is 6. The maximum atomic E-state index is 12.3. The van der Waals surface area contributed by atoms with Crippen molar-refractivity contribution in [3.63, 3.8) is 0 Å². The Labute approximate surface area is 149 Å². The molecular weight excluding hydrogens is 318 g/mol. The number of nitrogens with zero attached hydrogens (tertiary/aromatic N) is 4. The van der Waals surface area contributed by atoms with Gasteiger partial charge in [0.15, 0.2) is 5.96 Å². The van der Waals surface area contributed by atoms with Gasteiger partial charge in [-0.1, -0.05) is 6.07 Å². The second kappa shape index (κ2) is 6.90. The third kappa shape index (κ3) is 4.41. The molecule has 1 atom stereocenters. The average Bonchev–Trinajstić information content (AvgIpc) is 2.93. The summed E-state index contributed by atoms with van der Waals surface area (Å²) in [6, 6.07) is 6.22. The molecule has 136 valence electrons. The van der Waals surface area contributed by atoms with Crippen molar-refractivity contribution < 1.29 is 9.53 Å². The Bertz CT molecular complexity index is 668. The summed E-state index contributed by atoms with van der Waals surface area (Å²) in [5.74, 6) is 0.900. The summed E-state index contributed by atoms with van der Waals surface area (Å²) >= 11 is 0. The van der Waals surface area contributed by atoms with Crippen LogP contribution in [-0.4, -0.2) is 64.7 Å². The first-order valence-electron chi connectivity index (χ1n) is 8.77. The van der Waals surface area contributed by atoms with Crippen molar-refractivity contribution in [2.75, 3.05) is 26.2 Å². The predicted octanol–water partition coefficient (Wildman–Crippen LogP) is 1.77. The highest BCUT2D eigenvalue weighted by Crippen LogP contribution is 2.18. The van der Waals surface area contributed by atoms with Crippen LogP contribution < -0.4 is 5.32 Å². The molecule has 1 fully saturated rings. The summed E-state index contributed by atoms with van der Waals surface area (Å²) < 4.78 is 5.48. The fourth-order valence-electron chi connectivity index (χ4n) is 3.09. The van der Waals surface area contributed by atoms with Crippen LogP contribution in [-0.2, 0) is 11.3 Å². The first-order valence-corrected chi connectivity index (χ1v) is 8.77. The molecule has 1 aromatic heterocycles. The summed E-state index contributed by atoms with van der Waals surface area (Å²) in [7, 11) is 0. The molecule has 2 aliphatic rings. The van der Waals surface area contributed by atoms with Crippen LogP contribution in [0.4, 0.5) is 4.79 Å². The maximum absolute atomic E-state index is 12.3. The van der Waals surface area contributed by atoms with E-state index in [9.17, 15) is 4.79 Å². The van der Waals surface area contributed by atoms with Crippen LogP contribution in [0.2, 0.25) is 0 Å². The minimum Gasteiger partial charge on any atom is -0.444 e. The molecule has 2 aliphatic heterocycles. The van der Waals surface area contributed by atoms with Crippen LogP contribution in [0, 0.1) is 6.92 Å². The van der Waals surface area contributed by atoms with Crippen LogP contribution in [0.5, 0.6) is 0 Å². The molecule has 0 aliphatic carbocycles. The van der Waals surface area contributed by atoms with Gasteiger partial charge in [-0.05, 0) is 39.8 Å². The number of nitrogens with one attached hydrogen (secondary N) is 1. The lowest BCUT2D eigenvalue weighted by atomic mass is 10.2. The molecule has 0 aromatic carbocycles. The highest BCUT2D eigenvalue weighted by atomic mass is 16.6. The Kier molecular flexibility index (Phi) is 4.83. The number of aliphatic imine (C=N–C) groups is 1. The number of carbonyl (C=O) groups is 1. The molecule has 1 aromatic rings. The van der Waals surface area contributed by atoms with Gasteiger partial charge in [0, 0.05) is 25.3 Å². The van der Waals surface area contributed by atoms with Gasteiger partial charge in [-0.2, -0.15) is 0 Å². The number of aromatic nitrogens is 1. The van der Waals surface area contributed by atoms with E-state index >= 15 is 0 Å². The topological polar surface area (TPSA) is 70.1 Å². The molecule has 25 heavy (non-hydrogen) atoms. The standard InChI is InChI=1S/C18H27N5O2/c1-13-6-5-7-14(21-13)10-19-16-20-11-15-12-22(8-9-23(15)16)17(24)25-18(2,3)4/h5-7,15H,8-12H2,1-4H3,(H,19,20). The number of fused-ring (bicyclic) bond motifs is 1. The molecule has 0 saturated carbocycles. The van der Waals surface area contributed by atoms with Crippen molar-refractivity contribution in [2.45, 2.75) is 45.9 Å². The van der Waals surface area contributed by atoms with E-state index in [-0.39, 0.29) is 12.1 Å². The van der Waals surface area contributed by atoms with E-state index in [0.717, 1.165) is 23.9 Å². The first-order chi connectivity index (χ1) is 11.8. The summed E-state index contributed by atoms with van der Waals surface area (Å²) in [5.41, 5.74) is 1.54. The normalized spacial score (nSPS) is 20.2. The lowest BCUT2D eigenvalue weighted by Crippen LogP contribution is -2.57. The Morgan fingerprint density at radius 2 is 2.16 bits per heavy atom. The van der Waals surface area contributed by atoms with Crippen molar-refractivity contribution in [3.05, 3.63) is 29.6 Å². The molecule has 1 N–H and O–H groups in total. The number of ether oxygens (including phenoxy) is 1. The quantitative estimate of drug-likeness (QED) is 0.885. The van der Waals surface area contributed by atoms with Crippen molar-refractivity contribution in [3.8, 4) is 0 Å². The number of hydrogen-bond donors (Lipinski definition) is 1. The van der Waals surface area contributed by atoms with Crippen LogP contribution in [0.3, 0.4) is 0 Å². The van der Waals surface area contributed by atoms with E-state index in [1.165, 1.54) is 0 Å². The number of rotatable bonds is 2. The molecule has 7 heteroatoms. The van der Waals surface area contributed by atoms with Gasteiger partial charge in [0.2, 0.25) is 0 Å². The number of pyridine rings is 1. The average molecular weight is 345 g/mol. The molecule has 3 heterocycles. The second-order valence-corrected chi connectivity index (χ2v) is 7.56. The fourth-order valence-corrected chi connectivity index (χ4v) is 3.09. The van der Waals surface area contributed by atoms with Gasteiger partial charge in [-0.15, -0.1) is 0 Å². The minimum absolute atomic E-state index is 0.217.